The van der Waals surface area contributed by atoms with Gasteiger partial charge in [-0.3, -0.25) is 4.79 Å². The highest BCUT2D eigenvalue weighted by atomic mass is 19.1. The SMILES string of the molecule is CN(CCOCC1CC1)C(=O)c1ccnc(NN)c1F. The van der Waals surface area contributed by atoms with Gasteiger partial charge in [0, 0.05) is 26.4 Å². The predicted molar refractivity (Wildman–Crippen MR) is 72.5 cm³/mol. The van der Waals surface area contributed by atoms with E-state index in [-0.39, 0.29) is 11.4 Å². The number of carbonyl (C=O) groups is 1. The summed E-state index contributed by atoms with van der Waals surface area (Å²) in [5.74, 6) is 4.51. The number of amides is 1. The second-order valence-corrected chi connectivity index (χ2v) is 4.91. The van der Waals surface area contributed by atoms with E-state index in [0.29, 0.717) is 19.1 Å². The number of anilines is 1. The zero-order valence-corrected chi connectivity index (χ0v) is 11.4. The quantitative estimate of drug-likeness (QED) is 0.443. The maximum absolute atomic E-state index is 13.9. The standard InChI is InChI=1S/C13H19FN4O2/c1-18(6-7-20-8-9-2-3-9)13(19)10-4-5-16-12(17-15)11(10)14/h4-5,9H,2-3,6-8,15H2,1H3,(H,16,17). The minimum Gasteiger partial charge on any atom is -0.379 e. The maximum atomic E-state index is 13.9. The van der Waals surface area contributed by atoms with E-state index in [9.17, 15) is 9.18 Å². The second kappa shape index (κ2) is 6.62. The minimum atomic E-state index is -0.745. The normalized spacial score (nSPS) is 14.2. The van der Waals surface area contributed by atoms with Crippen LogP contribution in [0.5, 0.6) is 0 Å². The molecular weight excluding hydrogens is 263 g/mol. The molecule has 0 bridgehead atoms. The van der Waals surface area contributed by atoms with Crippen molar-refractivity contribution in [2.75, 3.05) is 32.2 Å². The Hall–Kier alpha value is -1.73. The predicted octanol–water partition coefficient (Wildman–Crippen LogP) is 1.00. The minimum absolute atomic E-state index is 0.0577. The van der Waals surface area contributed by atoms with Crippen LogP contribution >= 0.6 is 0 Å². The van der Waals surface area contributed by atoms with E-state index in [1.807, 2.05) is 0 Å². The number of pyridine rings is 1. The molecule has 3 N–H and O–H groups in total. The molecule has 1 aromatic rings. The monoisotopic (exact) mass is 282 g/mol. The van der Waals surface area contributed by atoms with Gasteiger partial charge in [0.1, 0.15) is 0 Å². The number of hydrogen-bond donors (Lipinski definition) is 2. The topological polar surface area (TPSA) is 80.5 Å². The molecule has 110 valence electrons. The van der Waals surface area contributed by atoms with Crippen molar-refractivity contribution in [2.45, 2.75) is 12.8 Å². The molecule has 20 heavy (non-hydrogen) atoms. The molecule has 1 fully saturated rings. The number of carbonyl (C=O) groups excluding carboxylic acids is 1. The summed E-state index contributed by atoms with van der Waals surface area (Å²) >= 11 is 0. The van der Waals surface area contributed by atoms with E-state index in [1.165, 1.54) is 30.0 Å². The van der Waals surface area contributed by atoms with Crippen LogP contribution < -0.4 is 11.3 Å². The number of halogens is 1. The fourth-order valence-corrected chi connectivity index (χ4v) is 1.75. The maximum Gasteiger partial charge on any atom is 0.256 e. The van der Waals surface area contributed by atoms with Crippen molar-refractivity contribution in [1.29, 1.82) is 0 Å². The van der Waals surface area contributed by atoms with Gasteiger partial charge in [0.2, 0.25) is 0 Å². The van der Waals surface area contributed by atoms with Gasteiger partial charge in [-0.1, -0.05) is 0 Å². The molecule has 0 radical (unpaired) electrons. The first-order chi connectivity index (χ1) is 9.63. The Balaban J connectivity index is 1.88. The van der Waals surface area contributed by atoms with E-state index < -0.39 is 11.7 Å². The summed E-state index contributed by atoms with van der Waals surface area (Å²) in [4.78, 5) is 17.2. The summed E-state index contributed by atoms with van der Waals surface area (Å²) in [6.07, 6.45) is 3.79. The molecule has 0 saturated heterocycles. The molecule has 0 aromatic carbocycles. The van der Waals surface area contributed by atoms with Gasteiger partial charge >= 0.3 is 0 Å². The fraction of sp³-hybridized carbons (Fsp3) is 0.538. The number of likely N-dealkylation sites (N-methyl/N-ethyl adjacent to an activating group) is 1. The van der Waals surface area contributed by atoms with Gasteiger partial charge in [0.15, 0.2) is 11.6 Å². The lowest BCUT2D eigenvalue weighted by Crippen LogP contribution is -2.31. The van der Waals surface area contributed by atoms with Gasteiger partial charge in [-0.2, -0.15) is 0 Å². The number of nitrogens with one attached hydrogen (secondary N) is 1. The summed E-state index contributed by atoms with van der Waals surface area (Å²) in [6, 6.07) is 1.33. The number of aromatic nitrogens is 1. The first-order valence-electron chi connectivity index (χ1n) is 6.57. The average molecular weight is 282 g/mol. The fourth-order valence-electron chi connectivity index (χ4n) is 1.75. The lowest BCUT2D eigenvalue weighted by molar-refractivity contribution is 0.0677. The first kappa shape index (κ1) is 14.7. The van der Waals surface area contributed by atoms with E-state index in [4.69, 9.17) is 10.6 Å². The highest BCUT2D eigenvalue weighted by Gasteiger charge is 2.22. The van der Waals surface area contributed by atoms with E-state index in [1.54, 1.807) is 7.05 Å². The third kappa shape index (κ3) is 3.64. The Bertz CT molecular complexity index is 479. The third-order valence-electron chi connectivity index (χ3n) is 3.22. The van der Waals surface area contributed by atoms with Crippen molar-refractivity contribution in [2.24, 2.45) is 11.8 Å². The van der Waals surface area contributed by atoms with Crippen molar-refractivity contribution < 1.29 is 13.9 Å². The molecule has 0 unspecified atom stereocenters. The van der Waals surface area contributed by atoms with Crippen LogP contribution in [0.4, 0.5) is 10.2 Å². The Morgan fingerprint density at radius 1 is 1.65 bits per heavy atom. The van der Waals surface area contributed by atoms with E-state index in [0.717, 1.165) is 6.61 Å². The summed E-state index contributed by atoms with van der Waals surface area (Å²) in [7, 11) is 1.61. The number of rotatable bonds is 7. The Morgan fingerprint density at radius 3 is 3.05 bits per heavy atom. The van der Waals surface area contributed by atoms with Crippen LogP contribution in [0, 0.1) is 11.7 Å². The number of hydrazine groups is 1. The molecule has 1 aliphatic rings. The largest absolute Gasteiger partial charge is 0.379 e. The molecule has 0 spiro atoms. The van der Waals surface area contributed by atoms with Gasteiger partial charge < -0.3 is 15.1 Å². The van der Waals surface area contributed by atoms with Crippen LogP contribution in [0.25, 0.3) is 0 Å². The molecule has 0 atom stereocenters. The molecule has 0 aliphatic heterocycles. The average Bonchev–Trinajstić information content (AvgIpc) is 3.27. The van der Waals surface area contributed by atoms with Crippen molar-refractivity contribution in [1.82, 2.24) is 9.88 Å². The number of nitrogen functional groups attached to an aromatic ring is 1. The molecule has 1 saturated carbocycles. The zero-order valence-electron chi connectivity index (χ0n) is 11.4. The summed E-state index contributed by atoms with van der Waals surface area (Å²) in [5, 5.41) is 0. The van der Waals surface area contributed by atoms with Gasteiger partial charge in [-0.25, -0.2) is 15.2 Å². The smallest absolute Gasteiger partial charge is 0.256 e. The van der Waals surface area contributed by atoms with Crippen LogP contribution in [0.2, 0.25) is 0 Å². The molecular formula is C13H19FN4O2. The summed E-state index contributed by atoms with van der Waals surface area (Å²) in [6.45, 7) is 1.61. The van der Waals surface area contributed by atoms with E-state index >= 15 is 0 Å². The van der Waals surface area contributed by atoms with Crippen molar-refractivity contribution in [3.8, 4) is 0 Å². The number of ether oxygens (including phenoxy) is 1. The Morgan fingerprint density at radius 2 is 2.40 bits per heavy atom. The second-order valence-electron chi connectivity index (χ2n) is 4.91. The van der Waals surface area contributed by atoms with Gasteiger partial charge in [-0.15, -0.1) is 0 Å². The van der Waals surface area contributed by atoms with Crippen LogP contribution in [0.1, 0.15) is 23.2 Å². The van der Waals surface area contributed by atoms with Gasteiger partial charge in [0.25, 0.3) is 5.91 Å². The Kier molecular flexibility index (Phi) is 4.86. The number of hydrogen-bond acceptors (Lipinski definition) is 5. The zero-order chi connectivity index (χ0) is 14.5. The Labute approximate surface area is 117 Å². The highest BCUT2D eigenvalue weighted by molar-refractivity contribution is 5.95. The lowest BCUT2D eigenvalue weighted by atomic mass is 10.2. The van der Waals surface area contributed by atoms with Gasteiger partial charge in [0.05, 0.1) is 12.2 Å². The van der Waals surface area contributed by atoms with Crippen LogP contribution in [-0.4, -0.2) is 42.6 Å². The van der Waals surface area contributed by atoms with Crippen molar-refractivity contribution in [3.05, 3.63) is 23.6 Å². The molecule has 6 nitrogen and oxygen atoms in total. The summed E-state index contributed by atoms with van der Waals surface area (Å²) in [5.41, 5.74) is 2.06. The molecule has 1 aromatic heterocycles. The van der Waals surface area contributed by atoms with Gasteiger partial charge in [-0.05, 0) is 24.8 Å². The number of nitrogens with zero attached hydrogens (tertiary/aromatic N) is 2. The lowest BCUT2D eigenvalue weighted by Gasteiger charge is -2.18. The van der Waals surface area contributed by atoms with Crippen molar-refractivity contribution >= 4 is 11.7 Å². The number of nitrogens with two attached hydrogens (primary N) is 1. The molecule has 1 aliphatic carbocycles. The van der Waals surface area contributed by atoms with Crippen molar-refractivity contribution in [3.63, 3.8) is 0 Å². The van der Waals surface area contributed by atoms with Crippen LogP contribution in [0.3, 0.4) is 0 Å². The molecule has 7 heteroatoms. The molecule has 2 rings (SSSR count). The van der Waals surface area contributed by atoms with Crippen LogP contribution in [-0.2, 0) is 4.74 Å². The first-order valence-corrected chi connectivity index (χ1v) is 6.57. The highest BCUT2D eigenvalue weighted by Crippen LogP contribution is 2.28. The van der Waals surface area contributed by atoms with E-state index in [2.05, 4.69) is 10.4 Å². The van der Waals surface area contributed by atoms with Crippen LogP contribution in [0.15, 0.2) is 12.3 Å². The molecule has 1 heterocycles. The third-order valence-corrected chi connectivity index (χ3v) is 3.22. The summed E-state index contributed by atoms with van der Waals surface area (Å²) < 4.78 is 19.4. The molecule has 1 amide bonds.